The molecule has 2 aromatic rings. The van der Waals surface area contributed by atoms with Crippen molar-refractivity contribution in [2.75, 3.05) is 26.7 Å². The zero-order chi connectivity index (χ0) is 20.6. The maximum absolute atomic E-state index is 13.6. The zero-order valence-corrected chi connectivity index (χ0v) is 18.5. The van der Waals surface area contributed by atoms with Crippen LogP contribution in [0.2, 0.25) is 0 Å². The Bertz CT molecular complexity index is 860. The van der Waals surface area contributed by atoms with Gasteiger partial charge in [-0.15, -0.1) is 0 Å². The Balaban J connectivity index is 2.11. The zero-order valence-electron chi connectivity index (χ0n) is 18.5. The van der Waals surface area contributed by atoms with E-state index in [2.05, 4.69) is 39.9 Å². The highest BCUT2D eigenvalue weighted by molar-refractivity contribution is 6.06. The molecule has 0 spiro atoms. The summed E-state index contributed by atoms with van der Waals surface area (Å²) in [6, 6.07) is 2.00. The van der Waals surface area contributed by atoms with Gasteiger partial charge in [0.15, 0.2) is 5.65 Å². The molecule has 1 saturated heterocycles. The fourth-order valence-electron chi connectivity index (χ4n) is 4.12. The summed E-state index contributed by atoms with van der Waals surface area (Å²) in [5, 5.41) is 8.93. The summed E-state index contributed by atoms with van der Waals surface area (Å²) in [6.45, 7) is 15.2. The molecule has 1 atom stereocenters. The van der Waals surface area contributed by atoms with E-state index in [1.807, 2.05) is 29.6 Å². The molecule has 0 aliphatic carbocycles. The average molecular weight is 386 g/mol. The van der Waals surface area contributed by atoms with Gasteiger partial charge < -0.3 is 10.2 Å². The van der Waals surface area contributed by atoms with E-state index in [0.717, 1.165) is 54.0 Å². The number of amides is 1. The van der Waals surface area contributed by atoms with Crippen molar-refractivity contribution in [1.82, 2.24) is 25.0 Å². The third kappa shape index (κ3) is 3.93. The third-order valence-electron chi connectivity index (χ3n) is 5.59. The van der Waals surface area contributed by atoms with Gasteiger partial charge in [0.25, 0.3) is 5.91 Å². The molecule has 1 unspecified atom stereocenters. The van der Waals surface area contributed by atoms with Crippen molar-refractivity contribution in [2.45, 2.75) is 65.8 Å². The van der Waals surface area contributed by atoms with E-state index >= 15 is 0 Å². The maximum atomic E-state index is 13.6. The van der Waals surface area contributed by atoms with Crippen LogP contribution in [-0.2, 0) is 5.54 Å². The topological polar surface area (TPSA) is 63.1 Å². The van der Waals surface area contributed by atoms with Crippen molar-refractivity contribution < 1.29 is 4.79 Å². The predicted octanol–water partition coefficient (Wildman–Crippen LogP) is 3.69. The lowest BCUT2D eigenvalue weighted by Gasteiger charge is -2.33. The molecule has 0 bridgehead atoms. The molecule has 3 heterocycles. The Labute approximate surface area is 168 Å². The number of pyridine rings is 1. The molecule has 1 amide bonds. The molecule has 0 radical (unpaired) electrons. The summed E-state index contributed by atoms with van der Waals surface area (Å²) in [7, 11) is 1.98. The molecular weight excluding hydrogens is 350 g/mol. The van der Waals surface area contributed by atoms with Crippen molar-refractivity contribution in [1.29, 1.82) is 0 Å². The molecular formula is C22H35N5O. The Morgan fingerprint density at radius 3 is 2.68 bits per heavy atom. The van der Waals surface area contributed by atoms with E-state index in [4.69, 9.17) is 10.1 Å². The first-order valence-electron chi connectivity index (χ1n) is 10.5. The molecule has 1 aliphatic rings. The number of fused-ring (bicyclic) bond motifs is 1. The van der Waals surface area contributed by atoms with Crippen molar-refractivity contribution in [3.8, 4) is 0 Å². The molecule has 2 aromatic heterocycles. The highest BCUT2D eigenvalue weighted by Gasteiger charge is 2.29. The number of nitrogens with one attached hydrogen (secondary N) is 1. The van der Waals surface area contributed by atoms with Gasteiger partial charge in [-0.1, -0.05) is 13.8 Å². The summed E-state index contributed by atoms with van der Waals surface area (Å²) in [5.41, 5.74) is 3.21. The van der Waals surface area contributed by atoms with Crippen molar-refractivity contribution in [3.05, 3.63) is 23.0 Å². The first kappa shape index (κ1) is 20.8. The quantitative estimate of drug-likeness (QED) is 0.872. The lowest BCUT2D eigenvalue weighted by Crippen LogP contribution is -2.42. The minimum absolute atomic E-state index is 0.117. The van der Waals surface area contributed by atoms with Crippen LogP contribution in [0.3, 0.4) is 0 Å². The van der Waals surface area contributed by atoms with Crippen LogP contribution >= 0.6 is 0 Å². The summed E-state index contributed by atoms with van der Waals surface area (Å²) < 4.78 is 1.97. The van der Waals surface area contributed by atoms with Gasteiger partial charge in [-0.05, 0) is 72.0 Å². The van der Waals surface area contributed by atoms with Crippen LogP contribution in [0.15, 0.2) is 6.07 Å². The van der Waals surface area contributed by atoms with Crippen LogP contribution in [0.1, 0.15) is 75.1 Å². The first-order chi connectivity index (χ1) is 13.1. The Hall–Kier alpha value is -1.95. The van der Waals surface area contributed by atoms with Gasteiger partial charge in [0.05, 0.1) is 22.2 Å². The van der Waals surface area contributed by atoms with Crippen molar-refractivity contribution in [3.63, 3.8) is 0 Å². The third-order valence-corrected chi connectivity index (χ3v) is 5.59. The summed E-state index contributed by atoms with van der Waals surface area (Å²) >= 11 is 0. The van der Waals surface area contributed by atoms with Gasteiger partial charge >= 0.3 is 0 Å². The molecule has 28 heavy (non-hydrogen) atoms. The Kier molecular flexibility index (Phi) is 5.80. The minimum Gasteiger partial charge on any atom is -0.338 e. The predicted molar refractivity (Wildman–Crippen MR) is 114 cm³/mol. The van der Waals surface area contributed by atoms with E-state index in [1.54, 1.807) is 0 Å². The normalized spacial score (nSPS) is 18.3. The highest BCUT2D eigenvalue weighted by Crippen LogP contribution is 2.30. The van der Waals surface area contributed by atoms with Gasteiger partial charge in [-0.2, -0.15) is 5.10 Å². The molecule has 1 N–H and O–H groups in total. The number of aromatic nitrogens is 3. The summed E-state index contributed by atoms with van der Waals surface area (Å²) in [4.78, 5) is 20.5. The number of aryl methyl sites for hydroxylation is 1. The monoisotopic (exact) mass is 385 g/mol. The number of nitrogens with zero attached hydrogens (tertiary/aromatic N) is 4. The summed E-state index contributed by atoms with van der Waals surface area (Å²) in [5.74, 6) is 0.882. The van der Waals surface area contributed by atoms with Crippen LogP contribution < -0.4 is 5.32 Å². The average Bonchev–Trinajstić information content (AvgIpc) is 2.98. The fourth-order valence-corrected chi connectivity index (χ4v) is 4.12. The number of likely N-dealkylation sites (tertiary alicyclic amines) is 1. The van der Waals surface area contributed by atoms with E-state index in [1.165, 1.54) is 6.42 Å². The van der Waals surface area contributed by atoms with Gasteiger partial charge in [0.2, 0.25) is 0 Å². The number of hydrogen-bond donors (Lipinski definition) is 1. The number of carbonyl (C=O) groups is 1. The van der Waals surface area contributed by atoms with Crippen LogP contribution in [-0.4, -0.2) is 52.3 Å². The molecule has 0 saturated carbocycles. The van der Waals surface area contributed by atoms with Crippen LogP contribution in [0.4, 0.5) is 0 Å². The standard InChI is InChI=1S/C22H35N5O/c1-14(2)18-11-17(21(28)26-10-8-9-16(13-26)12-23-7)19-15(3)25-27(20(19)24-18)22(4,5)6/h11,14,16,23H,8-10,12-13H2,1-7H3. The Morgan fingerprint density at radius 2 is 2.07 bits per heavy atom. The van der Waals surface area contributed by atoms with Crippen molar-refractivity contribution >= 4 is 16.9 Å². The highest BCUT2D eigenvalue weighted by atomic mass is 16.2. The molecule has 154 valence electrons. The molecule has 6 heteroatoms. The molecule has 3 rings (SSSR count). The second kappa shape index (κ2) is 7.82. The SMILES string of the molecule is CNCC1CCCN(C(=O)c2cc(C(C)C)nc3c2c(C)nn3C(C)(C)C)C1. The van der Waals surface area contributed by atoms with E-state index < -0.39 is 0 Å². The first-order valence-corrected chi connectivity index (χ1v) is 10.5. The van der Waals surface area contributed by atoms with E-state index in [0.29, 0.717) is 5.92 Å². The molecule has 0 aromatic carbocycles. The van der Waals surface area contributed by atoms with Crippen LogP contribution in [0, 0.1) is 12.8 Å². The van der Waals surface area contributed by atoms with Crippen LogP contribution in [0.25, 0.3) is 11.0 Å². The second-order valence-corrected chi connectivity index (χ2v) is 9.43. The number of hydrogen-bond acceptors (Lipinski definition) is 4. The molecule has 1 aliphatic heterocycles. The smallest absolute Gasteiger partial charge is 0.254 e. The number of rotatable bonds is 4. The van der Waals surface area contributed by atoms with E-state index in [9.17, 15) is 4.79 Å². The van der Waals surface area contributed by atoms with Gasteiger partial charge in [0, 0.05) is 18.8 Å². The maximum Gasteiger partial charge on any atom is 0.254 e. The second-order valence-electron chi connectivity index (χ2n) is 9.43. The fraction of sp³-hybridized carbons (Fsp3) is 0.682. The summed E-state index contributed by atoms with van der Waals surface area (Å²) in [6.07, 6.45) is 2.23. The lowest BCUT2D eigenvalue weighted by atomic mass is 9.96. The van der Waals surface area contributed by atoms with Gasteiger partial charge in [-0.25, -0.2) is 9.67 Å². The Morgan fingerprint density at radius 1 is 1.36 bits per heavy atom. The van der Waals surface area contributed by atoms with E-state index in [-0.39, 0.29) is 17.4 Å². The van der Waals surface area contributed by atoms with Crippen LogP contribution in [0.5, 0.6) is 0 Å². The van der Waals surface area contributed by atoms with Gasteiger partial charge in [-0.3, -0.25) is 4.79 Å². The lowest BCUT2D eigenvalue weighted by molar-refractivity contribution is 0.0676. The van der Waals surface area contributed by atoms with Crippen molar-refractivity contribution in [2.24, 2.45) is 5.92 Å². The van der Waals surface area contributed by atoms with Gasteiger partial charge in [0.1, 0.15) is 0 Å². The largest absolute Gasteiger partial charge is 0.338 e. The molecule has 6 nitrogen and oxygen atoms in total. The minimum atomic E-state index is -0.196. The number of piperidine rings is 1. The number of carbonyl (C=O) groups excluding carboxylic acids is 1. The molecule has 1 fully saturated rings.